The molecule has 6 nitrogen and oxygen atoms in total. The highest BCUT2D eigenvalue weighted by atomic mass is 16.6. The number of rotatable bonds is 47. The zero-order chi connectivity index (χ0) is 49.3. The molecule has 0 aromatic heterocycles. The van der Waals surface area contributed by atoms with Gasteiger partial charge in [0.05, 0.1) is 0 Å². The van der Waals surface area contributed by atoms with Crippen molar-refractivity contribution in [2.45, 2.75) is 226 Å². The topological polar surface area (TPSA) is 78.9 Å². The first kappa shape index (κ1) is 63.5. The van der Waals surface area contributed by atoms with Gasteiger partial charge in [-0.3, -0.25) is 14.4 Å². The minimum atomic E-state index is -0.817. The molecule has 6 heteroatoms. The average molecular weight is 939 g/mol. The van der Waals surface area contributed by atoms with E-state index in [1.807, 2.05) is 0 Å². The van der Waals surface area contributed by atoms with Crippen molar-refractivity contribution in [1.29, 1.82) is 0 Å². The summed E-state index contributed by atoms with van der Waals surface area (Å²) in [5.41, 5.74) is 0. The normalized spacial score (nSPS) is 13.2. The summed E-state index contributed by atoms with van der Waals surface area (Å²) in [5, 5.41) is 0. The molecule has 0 aliphatic carbocycles. The van der Waals surface area contributed by atoms with Crippen molar-refractivity contribution in [3.63, 3.8) is 0 Å². The third-order valence-electron chi connectivity index (χ3n) is 10.9. The number of ether oxygens (including phenoxy) is 3. The lowest BCUT2D eigenvalue weighted by Gasteiger charge is -2.18. The van der Waals surface area contributed by atoms with Crippen molar-refractivity contribution < 1.29 is 28.6 Å². The highest BCUT2D eigenvalue weighted by Crippen LogP contribution is 2.12. The highest BCUT2D eigenvalue weighted by Gasteiger charge is 2.19. The molecule has 0 heterocycles. The lowest BCUT2D eigenvalue weighted by molar-refractivity contribution is -0.167. The Kier molecular flexibility index (Phi) is 51.5. The van der Waals surface area contributed by atoms with Crippen LogP contribution in [0.15, 0.2) is 134 Å². The van der Waals surface area contributed by atoms with Gasteiger partial charge in [0.25, 0.3) is 0 Å². The predicted molar refractivity (Wildman–Crippen MR) is 292 cm³/mol. The van der Waals surface area contributed by atoms with Crippen LogP contribution in [0.4, 0.5) is 0 Å². The molecule has 0 N–H and O–H groups in total. The van der Waals surface area contributed by atoms with Crippen LogP contribution in [-0.2, 0) is 28.6 Å². The Bertz CT molecular complexity index is 1500. The number of hydrogen-bond donors (Lipinski definition) is 0. The molecular weight excluding hydrogens is 841 g/mol. The molecule has 1 atom stereocenters. The van der Waals surface area contributed by atoms with Gasteiger partial charge in [0.1, 0.15) is 13.2 Å². The molecule has 1 unspecified atom stereocenters. The molecule has 0 aromatic rings. The van der Waals surface area contributed by atoms with Gasteiger partial charge in [-0.2, -0.15) is 0 Å². The molecule has 0 radical (unpaired) electrons. The molecule has 0 rings (SSSR count). The van der Waals surface area contributed by atoms with Gasteiger partial charge >= 0.3 is 17.9 Å². The number of hydrogen-bond acceptors (Lipinski definition) is 6. The summed E-state index contributed by atoms with van der Waals surface area (Å²) >= 11 is 0. The van der Waals surface area contributed by atoms with Crippen molar-refractivity contribution in [3.05, 3.63) is 134 Å². The van der Waals surface area contributed by atoms with E-state index in [2.05, 4.69) is 154 Å². The van der Waals surface area contributed by atoms with E-state index in [1.54, 1.807) is 0 Å². The van der Waals surface area contributed by atoms with Gasteiger partial charge < -0.3 is 14.2 Å². The van der Waals surface area contributed by atoms with E-state index >= 15 is 0 Å². The molecule has 382 valence electrons. The third-order valence-corrected chi connectivity index (χ3v) is 10.9. The van der Waals surface area contributed by atoms with Gasteiger partial charge in [-0.25, -0.2) is 0 Å². The summed E-state index contributed by atoms with van der Waals surface area (Å²) in [4.78, 5) is 38.1. The lowest BCUT2D eigenvalue weighted by Crippen LogP contribution is -2.30. The van der Waals surface area contributed by atoms with E-state index < -0.39 is 6.10 Å². The largest absolute Gasteiger partial charge is 0.462 e. The number of allylic oxidation sites excluding steroid dienone is 22. The van der Waals surface area contributed by atoms with E-state index in [0.717, 1.165) is 141 Å². The molecule has 0 aliphatic heterocycles. The molecule has 0 saturated heterocycles. The first-order chi connectivity index (χ1) is 33.5. The standard InChI is InChI=1S/C62H98O6/c1-4-7-10-13-16-19-22-25-27-29-30-31-32-34-35-37-40-43-46-49-52-55-61(64)67-58-59(57-66-60(63)54-51-48-45-42-39-24-21-18-15-12-9-6-3)68-62(65)56-53-50-47-44-41-38-36-33-28-26-23-20-17-14-11-8-5-2/h7-8,10-11,16-21,25-28,30-31,34-36,38,40,43,59H,4-6,9,12-15,22-24,29,32-33,37,39,41-42,44-58H2,1-3H3/b10-7-,11-8-,19-16-,20-17-,21-18-,27-25-,28-26-,31-30-,35-34-,38-36-,43-40-. The Morgan fingerprint density at radius 3 is 0.941 bits per heavy atom. The lowest BCUT2D eigenvalue weighted by atomic mass is 10.1. The first-order valence-electron chi connectivity index (χ1n) is 27.2. The monoisotopic (exact) mass is 939 g/mol. The molecule has 68 heavy (non-hydrogen) atoms. The Morgan fingerprint density at radius 2 is 0.574 bits per heavy atom. The summed E-state index contributed by atoms with van der Waals surface area (Å²) in [5.74, 6) is -0.997. The second-order valence-electron chi connectivity index (χ2n) is 17.4. The minimum Gasteiger partial charge on any atom is -0.462 e. The molecule has 0 spiro atoms. The van der Waals surface area contributed by atoms with Crippen LogP contribution in [0, 0.1) is 0 Å². The van der Waals surface area contributed by atoms with Crippen LogP contribution in [0.5, 0.6) is 0 Å². The van der Waals surface area contributed by atoms with Crippen LogP contribution in [0.1, 0.15) is 220 Å². The number of carbonyl (C=O) groups is 3. The highest BCUT2D eigenvalue weighted by molar-refractivity contribution is 5.71. The van der Waals surface area contributed by atoms with Crippen molar-refractivity contribution in [3.8, 4) is 0 Å². The molecular formula is C62H98O6. The van der Waals surface area contributed by atoms with Gasteiger partial charge in [-0.05, 0) is 135 Å². The molecule has 0 aliphatic rings. The van der Waals surface area contributed by atoms with Gasteiger partial charge in [0.2, 0.25) is 0 Å². The second kappa shape index (κ2) is 55.1. The Hall–Kier alpha value is -4.45. The number of carbonyl (C=O) groups excluding carboxylic acids is 3. The van der Waals surface area contributed by atoms with E-state index in [1.165, 1.54) is 32.1 Å². The van der Waals surface area contributed by atoms with Gasteiger partial charge in [0, 0.05) is 19.3 Å². The predicted octanol–water partition coefficient (Wildman–Crippen LogP) is 18.3. The van der Waals surface area contributed by atoms with Crippen LogP contribution in [0.2, 0.25) is 0 Å². The van der Waals surface area contributed by atoms with E-state index in [9.17, 15) is 14.4 Å². The van der Waals surface area contributed by atoms with Crippen molar-refractivity contribution in [1.82, 2.24) is 0 Å². The fourth-order valence-electron chi connectivity index (χ4n) is 6.84. The maximum atomic E-state index is 12.8. The maximum Gasteiger partial charge on any atom is 0.306 e. The summed E-state index contributed by atoms with van der Waals surface area (Å²) in [6.45, 7) is 6.30. The Labute approximate surface area is 417 Å². The minimum absolute atomic E-state index is 0.111. The fourth-order valence-corrected chi connectivity index (χ4v) is 6.84. The van der Waals surface area contributed by atoms with Crippen LogP contribution >= 0.6 is 0 Å². The first-order valence-corrected chi connectivity index (χ1v) is 27.2. The molecule has 0 aromatic carbocycles. The van der Waals surface area contributed by atoms with Crippen molar-refractivity contribution >= 4 is 17.9 Å². The van der Waals surface area contributed by atoms with Crippen molar-refractivity contribution in [2.24, 2.45) is 0 Å². The summed E-state index contributed by atoms with van der Waals surface area (Å²) < 4.78 is 16.8. The van der Waals surface area contributed by atoms with Crippen LogP contribution in [0.25, 0.3) is 0 Å². The fraction of sp³-hybridized carbons (Fsp3) is 0.597. The second-order valence-corrected chi connectivity index (χ2v) is 17.4. The summed E-state index contributed by atoms with van der Waals surface area (Å²) in [6, 6.07) is 0. The summed E-state index contributed by atoms with van der Waals surface area (Å²) in [7, 11) is 0. The van der Waals surface area contributed by atoms with Crippen molar-refractivity contribution in [2.75, 3.05) is 13.2 Å². The van der Waals surface area contributed by atoms with Gasteiger partial charge in [0.15, 0.2) is 6.10 Å². The van der Waals surface area contributed by atoms with Crippen LogP contribution in [-0.4, -0.2) is 37.2 Å². The molecule has 0 amide bonds. The number of esters is 3. The summed E-state index contributed by atoms with van der Waals surface area (Å²) in [6.07, 6.45) is 77.2. The molecule has 0 bridgehead atoms. The maximum absolute atomic E-state index is 12.8. The van der Waals surface area contributed by atoms with Gasteiger partial charge in [-0.1, -0.05) is 199 Å². The number of unbranched alkanes of at least 4 members (excludes halogenated alkanes) is 14. The Balaban J connectivity index is 4.53. The van der Waals surface area contributed by atoms with Crippen LogP contribution < -0.4 is 0 Å². The van der Waals surface area contributed by atoms with E-state index in [4.69, 9.17) is 14.2 Å². The van der Waals surface area contributed by atoms with E-state index in [0.29, 0.717) is 19.3 Å². The zero-order valence-corrected chi connectivity index (χ0v) is 43.6. The average Bonchev–Trinajstić information content (AvgIpc) is 3.34. The van der Waals surface area contributed by atoms with Crippen LogP contribution in [0.3, 0.4) is 0 Å². The molecule has 0 fully saturated rings. The Morgan fingerprint density at radius 1 is 0.309 bits per heavy atom. The zero-order valence-electron chi connectivity index (χ0n) is 43.6. The smallest absolute Gasteiger partial charge is 0.306 e. The molecule has 0 saturated carbocycles. The SMILES string of the molecule is CC/C=C\C/C=C\C/C=C\C/C=C\C/C=C\C/C=C\CCCCC(=O)OCC(COC(=O)CCCCCCC/C=C\CCCCC)OC(=O)CCCCCC/C=C\C/C=C\C/C=C\C/C=C\CC. The van der Waals surface area contributed by atoms with Gasteiger partial charge in [-0.15, -0.1) is 0 Å². The quantitative estimate of drug-likeness (QED) is 0.0262. The van der Waals surface area contributed by atoms with E-state index in [-0.39, 0.29) is 37.5 Å². The third kappa shape index (κ3) is 52.5.